The molecule has 0 bridgehead atoms. The normalized spacial score (nSPS) is 11.5. The van der Waals surface area contributed by atoms with Crippen molar-refractivity contribution in [1.82, 2.24) is 9.55 Å². The van der Waals surface area contributed by atoms with Gasteiger partial charge in [-0.2, -0.15) is 0 Å². The molecule has 1 heterocycles. The molecule has 4 aromatic rings. The van der Waals surface area contributed by atoms with Crippen LogP contribution in [-0.2, 0) is 24.9 Å². The molecule has 0 atom stereocenters. The molecule has 0 aliphatic heterocycles. The van der Waals surface area contributed by atoms with E-state index in [9.17, 15) is 9.90 Å². The van der Waals surface area contributed by atoms with E-state index in [4.69, 9.17) is 0 Å². The first-order valence-electron chi connectivity index (χ1n) is 16.3. The van der Waals surface area contributed by atoms with Gasteiger partial charge in [-0.15, -0.1) is 35.9 Å². The van der Waals surface area contributed by atoms with Crippen molar-refractivity contribution >= 4 is 5.78 Å². The van der Waals surface area contributed by atoms with E-state index in [1.807, 2.05) is 52.1 Å². The second-order valence-electron chi connectivity index (χ2n) is 12.1. The van der Waals surface area contributed by atoms with Gasteiger partial charge in [0.15, 0.2) is 5.78 Å². The molecule has 1 radical (unpaired) electrons. The average Bonchev–Trinajstić information content (AvgIpc) is 3.52. The number of aromatic nitrogens is 2. The maximum absolute atomic E-state index is 11.7. The Balaban J connectivity index is 0.000000378. The number of hydrogen-bond donors (Lipinski definition) is 1. The van der Waals surface area contributed by atoms with Crippen molar-refractivity contribution in [3.05, 3.63) is 108 Å². The zero-order chi connectivity index (χ0) is 32.2. The van der Waals surface area contributed by atoms with E-state index in [-0.39, 0.29) is 43.5 Å². The molecule has 0 fully saturated rings. The van der Waals surface area contributed by atoms with Gasteiger partial charge in [0.1, 0.15) is 0 Å². The largest absolute Gasteiger partial charge is 0.512 e. The molecular formula is C40H51IrN2O2-. The Kier molecular flexibility index (Phi) is 15.7. The van der Waals surface area contributed by atoms with Crippen LogP contribution in [0, 0.1) is 17.9 Å². The number of benzene rings is 3. The van der Waals surface area contributed by atoms with Crippen LogP contribution in [0.1, 0.15) is 104 Å². The number of aliphatic hydroxyl groups is 1. The molecule has 0 saturated carbocycles. The Morgan fingerprint density at radius 3 is 1.87 bits per heavy atom. The monoisotopic (exact) mass is 784 g/mol. The number of carbonyl (C=O) groups is 1. The molecule has 243 valence electrons. The van der Waals surface area contributed by atoms with Gasteiger partial charge in [-0.05, 0) is 71.9 Å². The van der Waals surface area contributed by atoms with Gasteiger partial charge >= 0.3 is 0 Å². The summed E-state index contributed by atoms with van der Waals surface area (Å²) in [5.41, 5.74) is 7.46. The maximum atomic E-state index is 11.7. The summed E-state index contributed by atoms with van der Waals surface area (Å²) < 4.78 is 2.24. The summed E-state index contributed by atoms with van der Waals surface area (Å²) in [7, 11) is 0. The van der Waals surface area contributed by atoms with E-state index in [2.05, 4.69) is 98.0 Å². The third-order valence-electron chi connectivity index (χ3n) is 8.43. The first-order chi connectivity index (χ1) is 21.2. The molecule has 45 heavy (non-hydrogen) atoms. The molecule has 0 aliphatic carbocycles. The summed E-state index contributed by atoms with van der Waals surface area (Å²) in [6, 6.07) is 26.7. The molecule has 5 heteroatoms. The third-order valence-corrected chi connectivity index (χ3v) is 8.43. The zero-order valence-electron chi connectivity index (χ0n) is 28.3. The van der Waals surface area contributed by atoms with Crippen LogP contribution in [0.15, 0.2) is 91.0 Å². The van der Waals surface area contributed by atoms with Crippen molar-refractivity contribution in [3.63, 3.8) is 0 Å². The predicted octanol–water partition coefficient (Wildman–Crippen LogP) is 11.1. The van der Waals surface area contributed by atoms with Gasteiger partial charge < -0.3 is 9.67 Å². The standard InChI is InChI=1S/C27H27N2.C13H24O2.Ir/c1-19(2)24-17-23(21-11-7-5-8-12-21)18-25(20(3)4)26(24)29-16-15-28-27(29)22-13-9-6-10-14-22;1-5-10(6-2)12(14)9-13(15)11(7-3)8-4;/h5-13,15-20H,1-4H3;9-11,14H,5-8H2,1-4H3;/q-1;;/b;12-9-;. The minimum Gasteiger partial charge on any atom is -0.512 e. The number of allylic oxidation sites excluding steroid dienone is 2. The van der Waals surface area contributed by atoms with E-state index in [1.54, 1.807) is 0 Å². The van der Waals surface area contributed by atoms with Crippen LogP contribution in [0.2, 0.25) is 0 Å². The molecule has 0 amide bonds. The van der Waals surface area contributed by atoms with Crippen LogP contribution in [0.4, 0.5) is 0 Å². The van der Waals surface area contributed by atoms with Crippen LogP contribution in [0.3, 0.4) is 0 Å². The van der Waals surface area contributed by atoms with Crippen molar-refractivity contribution < 1.29 is 30.0 Å². The van der Waals surface area contributed by atoms with Gasteiger partial charge in [0.2, 0.25) is 0 Å². The SMILES string of the molecule is CC(C)c1cc(-c2ccccc2)cc(C(C)C)c1-n1ccnc1-c1[c-]cccc1.CCC(CC)C(=O)/C=C(\O)C(CC)CC.[Ir]. The van der Waals surface area contributed by atoms with Crippen molar-refractivity contribution in [1.29, 1.82) is 0 Å². The van der Waals surface area contributed by atoms with Crippen LogP contribution in [0.25, 0.3) is 28.2 Å². The number of nitrogens with zero attached hydrogens (tertiary/aromatic N) is 2. The van der Waals surface area contributed by atoms with E-state index < -0.39 is 0 Å². The number of rotatable bonds is 12. The molecule has 0 aliphatic rings. The number of imidazole rings is 1. The Morgan fingerprint density at radius 1 is 0.822 bits per heavy atom. The van der Waals surface area contributed by atoms with Crippen LogP contribution in [-0.4, -0.2) is 20.4 Å². The van der Waals surface area contributed by atoms with Crippen molar-refractivity contribution in [2.45, 2.75) is 92.9 Å². The molecule has 0 saturated heterocycles. The quantitative estimate of drug-likeness (QED) is 0.0884. The van der Waals surface area contributed by atoms with E-state index in [0.717, 1.165) is 37.1 Å². The van der Waals surface area contributed by atoms with E-state index in [0.29, 0.717) is 11.8 Å². The molecule has 0 unspecified atom stereocenters. The zero-order valence-corrected chi connectivity index (χ0v) is 30.7. The third kappa shape index (κ3) is 9.86. The average molecular weight is 784 g/mol. The first kappa shape index (κ1) is 37.9. The maximum Gasteiger partial charge on any atom is 0.162 e. The number of aliphatic hydroxyl groups excluding tert-OH is 1. The topological polar surface area (TPSA) is 55.1 Å². The second kappa shape index (κ2) is 18.6. The van der Waals surface area contributed by atoms with E-state index in [1.165, 1.54) is 34.0 Å². The second-order valence-corrected chi connectivity index (χ2v) is 12.1. The van der Waals surface area contributed by atoms with Crippen LogP contribution >= 0.6 is 0 Å². The summed E-state index contributed by atoms with van der Waals surface area (Å²) >= 11 is 0. The fourth-order valence-electron chi connectivity index (χ4n) is 5.63. The minimum atomic E-state index is 0. The van der Waals surface area contributed by atoms with Gasteiger partial charge in [-0.3, -0.25) is 9.78 Å². The molecule has 1 N–H and O–H groups in total. The smallest absolute Gasteiger partial charge is 0.162 e. The van der Waals surface area contributed by atoms with Crippen LogP contribution < -0.4 is 0 Å². The van der Waals surface area contributed by atoms with Gasteiger partial charge in [0.25, 0.3) is 0 Å². The Hall–Kier alpha value is -3.27. The molecule has 0 spiro atoms. The van der Waals surface area contributed by atoms with Gasteiger partial charge in [-0.1, -0.05) is 85.7 Å². The molecule has 3 aromatic carbocycles. The number of hydrogen-bond acceptors (Lipinski definition) is 3. The minimum absolute atomic E-state index is 0. The fraction of sp³-hybridized carbons (Fsp3) is 0.400. The van der Waals surface area contributed by atoms with Crippen molar-refractivity contribution in [2.24, 2.45) is 11.8 Å². The summed E-state index contributed by atoms with van der Waals surface area (Å²) in [6.07, 6.45) is 8.87. The van der Waals surface area contributed by atoms with Gasteiger partial charge in [-0.25, -0.2) is 0 Å². The first-order valence-corrected chi connectivity index (χ1v) is 16.3. The fourth-order valence-corrected chi connectivity index (χ4v) is 5.63. The predicted molar refractivity (Wildman–Crippen MR) is 185 cm³/mol. The molecule has 4 rings (SSSR count). The van der Waals surface area contributed by atoms with Crippen molar-refractivity contribution in [3.8, 4) is 28.2 Å². The number of carbonyl (C=O) groups excluding carboxylic acids is 1. The molecule has 4 nitrogen and oxygen atoms in total. The Morgan fingerprint density at radius 2 is 1.38 bits per heavy atom. The summed E-state index contributed by atoms with van der Waals surface area (Å²) in [5.74, 6) is 2.26. The summed E-state index contributed by atoms with van der Waals surface area (Å²) in [6.45, 7) is 17.1. The van der Waals surface area contributed by atoms with E-state index >= 15 is 0 Å². The molecular weight excluding hydrogens is 733 g/mol. The van der Waals surface area contributed by atoms with Crippen LogP contribution in [0.5, 0.6) is 0 Å². The number of ketones is 1. The Bertz CT molecular complexity index is 1450. The molecule has 1 aromatic heterocycles. The summed E-state index contributed by atoms with van der Waals surface area (Å²) in [5, 5.41) is 9.76. The van der Waals surface area contributed by atoms with Gasteiger partial charge in [0.05, 0.1) is 11.6 Å². The van der Waals surface area contributed by atoms with Crippen molar-refractivity contribution in [2.75, 3.05) is 0 Å². The van der Waals surface area contributed by atoms with Gasteiger partial charge in [0, 0.05) is 56.1 Å². The Labute approximate surface area is 285 Å². The summed E-state index contributed by atoms with van der Waals surface area (Å²) in [4.78, 5) is 16.4.